The van der Waals surface area contributed by atoms with Crippen molar-refractivity contribution in [3.05, 3.63) is 52.8 Å². The van der Waals surface area contributed by atoms with Crippen molar-refractivity contribution in [2.45, 2.75) is 4.90 Å². The number of thioether (sulfide) groups is 1. The number of fused-ring (bicyclic) bond motifs is 1. The molecule has 2 aromatic heterocycles. The minimum absolute atomic E-state index is 0.0884. The van der Waals surface area contributed by atoms with Gasteiger partial charge in [-0.2, -0.15) is 0 Å². The highest BCUT2D eigenvalue weighted by molar-refractivity contribution is 14.1. The zero-order valence-corrected chi connectivity index (χ0v) is 14.4. The van der Waals surface area contributed by atoms with E-state index < -0.39 is 0 Å². The maximum atomic E-state index is 14.3. The number of benzene rings is 1. The number of hydrogen-bond acceptors (Lipinski definition) is 2. The first-order valence-corrected chi connectivity index (χ1v) is 8.42. The van der Waals surface area contributed by atoms with Gasteiger partial charge in [0.2, 0.25) is 0 Å². The molecule has 6 heteroatoms. The Labute approximate surface area is 139 Å². The molecule has 0 aliphatic rings. The van der Waals surface area contributed by atoms with Crippen LogP contribution in [0.15, 0.2) is 46.3 Å². The molecule has 0 amide bonds. The van der Waals surface area contributed by atoms with Crippen molar-refractivity contribution in [2.75, 3.05) is 6.26 Å². The summed E-state index contributed by atoms with van der Waals surface area (Å²) in [6.07, 6.45) is 5.46. The zero-order chi connectivity index (χ0) is 15.1. The highest BCUT2D eigenvalue weighted by atomic mass is 127. The molecule has 0 bridgehead atoms. The monoisotopic (exact) mass is 414 g/mol. The summed E-state index contributed by atoms with van der Waals surface area (Å²) in [6, 6.07) is 6.90. The van der Waals surface area contributed by atoms with E-state index >= 15 is 0 Å². The fourth-order valence-corrected chi connectivity index (χ4v) is 3.44. The van der Waals surface area contributed by atoms with Crippen molar-refractivity contribution in [2.24, 2.45) is 7.05 Å². The Morgan fingerprint density at radius 2 is 2.00 bits per heavy atom. The van der Waals surface area contributed by atoms with E-state index in [1.807, 2.05) is 24.6 Å². The highest BCUT2D eigenvalue weighted by Gasteiger charge is 2.15. The van der Waals surface area contributed by atoms with Crippen molar-refractivity contribution in [3.63, 3.8) is 0 Å². The van der Waals surface area contributed by atoms with Gasteiger partial charge in [0, 0.05) is 40.8 Å². The topological polar surface area (TPSA) is 26.9 Å². The number of rotatable bonds is 2. The molecule has 0 aliphatic carbocycles. The summed E-state index contributed by atoms with van der Waals surface area (Å²) in [4.78, 5) is 13.2. The van der Waals surface area contributed by atoms with Gasteiger partial charge < -0.3 is 4.57 Å². The van der Waals surface area contributed by atoms with Crippen molar-refractivity contribution < 1.29 is 4.39 Å². The quantitative estimate of drug-likeness (QED) is 0.467. The van der Waals surface area contributed by atoms with Gasteiger partial charge in [-0.25, -0.2) is 4.39 Å². The van der Waals surface area contributed by atoms with Gasteiger partial charge in [-0.1, -0.05) is 0 Å². The van der Waals surface area contributed by atoms with Gasteiger partial charge in [-0.3, -0.25) is 7.58 Å². The van der Waals surface area contributed by atoms with Crippen molar-refractivity contribution in [3.8, 4) is 11.1 Å². The molecule has 0 saturated heterocycles. The van der Waals surface area contributed by atoms with Crippen LogP contribution in [0.4, 0.5) is 4.39 Å². The SMILES string of the molecule is CSc1ccc(F)c(-c2cn(C)c(=O)c3c2ccn3I)c1. The molecule has 0 aliphatic heterocycles. The number of nitrogens with zero attached hydrogens (tertiary/aromatic N) is 2. The number of pyridine rings is 1. The Morgan fingerprint density at radius 3 is 2.71 bits per heavy atom. The van der Waals surface area contributed by atoms with Gasteiger partial charge in [0.1, 0.15) is 11.3 Å². The lowest BCUT2D eigenvalue weighted by molar-refractivity contribution is 0.630. The number of halogens is 2. The van der Waals surface area contributed by atoms with Crippen LogP contribution in [0.3, 0.4) is 0 Å². The van der Waals surface area contributed by atoms with E-state index in [-0.39, 0.29) is 11.4 Å². The van der Waals surface area contributed by atoms with Gasteiger partial charge >= 0.3 is 0 Å². The fourth-order valence-electron chi connectivity index (χ4n) is 2.37. The minimum atomic E-state index is -0.283. The normalized spacial score (nSPS) is 11.2. The lowest BCUT2D eigenvalue weighted by Crippen LogP contribution is -2.17. The molecule has 3 rings (SSSR count). The smallest absolute Gasteiger partial charge is 0.275 e. The Morgan fingerprint density at radius 1 is 1.24 bits per heavy atom. The second-order valence-electron chi connectivity index (χ2n) is 4.69. The van der Waals surface area contributed by atoms with Gasteiger partial charge in [-0.15, -0.1) is 11.8 Å². The molecule has 0 saturated carbocycles. The number of aryl methyl sites for hydroxylation is 1. The van der Waals surface area contributed by atoms with Crippen LogP contribution in [0.1, 0.15) is 0 Å². The fraction of sp³-hybridized carbons (Fsp3) is 0.133. The maximum absolute atomic E-state index is 14.3. The molecule has 3 aromatic rings. The first-order chi connectivity index (χ1) is 10.0. The Kier molecular flexibility index (Phi) is 3.83. The second kappa shape index (κ2) is 5.49. The molecule has 21 heavy (non-hydrogen) atoms. The zero-order valence-electron chi connectivity index (χ0n) is 11.4. The van der Waals surface area contributed by atoms with Crippen LogP contribution in [0.5, 0.6) is 0 Å². The van der Waals surface area contributed by atoms with E-state index in [4.69, 9.17) is 0 Å². The molecule has 0 fully saturated rings. The average molecular weight is 414 g/mol. The third-order valence-electron chi connectivity index (χ3n) is 3.44. The standard InChI is InChI=1S/C15H12FIN2OS/c1-18-8-12(10-5-6-19(17)14(10)15(18)20)11-7-9(21-2)3-4-13(11)16/h3-8H,1-2H3. The molecule has 108 valence electrons. The van der Waals surface area contributed by atoms with Crippen LogP contribution in [0.25, 0.3) is 22.0 Å². The molecule has 2 heterocycles. The third kappa shape index (κ3) is 2.40. The third-order valence-corrected chi connectivity index (χ3v) is 4.97. The lowest BCUT2D eigenvalue weighted by atomic mass is 10.0. The predicted molar refractivity (Wildman–Crippen MR) is 93.8 cm³/mol. The van der Waals surface area contributed by atoms with Crippen molar-refractivity contribution >= 4 is 45.5 Å². The van der Waals surface area contributed by atoms with Gasteiger partial charge in [0.15, 0.2) is 0 Å². The molecule has 0 atom stereocenters. The first-order valence-electron chi connectivity index (χ1n) is 6.23. The summed E-state index contributed by atoms with van der Waals surface area (Å²) in [6.45, 7) is 0. The second-order valence-corrected chi connectivity index (χ2v) is 6.61. The van der Waals surface area contributed by atoms with Gasteiger partial charge in [0.05, 0.1) is 22.9 Å². The summed E-state index contributed by atoms with van der Waals surface area (Å²) in [5, 5.41) is 0.768. The molecular weight excluding hydrogens is 402 g/mol. The Bertz CT molecular complexity index is 901. The van der Waals surface area contributed by atoms with Crippen molar-refractivity contribution in [1.29, 1.82) is 0 Å². The molecule has 1 aromatic carbocycles. The van der Waals surface area contributed by atoms with Crippen LogP contribution in [-0.4, -0.2) is 13.6 Å². The minimum Gasteiger partial charge on any atom is -0.316 e. The van der Waals surface area contributed by atoms with E-state index in [9.17, 15) is 9.18 Å². The van der Waals surface area contributed by atoms with Crippen LogP contribution in [0, 0.1) is 5.82 Å². The van der Waals surface area contributed by atoms with Crippen LogP contribution >= 0.6 is 34.6 Å². The largest absolute Gasteiger partial charge is 0.316 e. The molecule has 0 N–H and O–H groups in total. The van der Waals surface area contributed by atoms with Crippen LogP contribution < -0.4 is 5.56 Å². The first kappa shape index (κ1) is 14.6. The predicted octanol–water partition coefficient (Wildman–Crippen LogP) is 4.07. The van der Waals surface area contributed by atoms with E-state index in [0.717, 1.165) is 15.8 Å². The van der Waals surface area contributed by atoms with E-state index in [2.05, 4.69) is 22.9 Å². The summed E-state index contributed by atoms with van der Waals surface area (Å²) < 4.78 is 17.5. The van der Waals surface area contributed by atoms with Crippen molar-refractivity contribution in [1.82, 2.24) is 7.35 Å². The average Bonchev–Trinajstić information content (AvgIpc) is 2.86. The molecular formula is C15H12FIN2OS. The van der Waals surface area contributed by atoms with Gasteiger partial charge in [-0.05, 0) is 30.5 Å². The maximum Gasteiger partial charge on any atom is 0.275 e. The summed E-state index contributed by atoms with van der Waals surface area (Å²) in [7, 11) is 1.69. The molecule has 3 nitrogen and oxygen atoms in total. The van der Waals surface area contributed by atoms with Gasteiger partial charge in [0.25, 0.3) is 5.56 Å². The van der Waals surface area contributed by atoms with E-state index in [1.165, 1.54) is 10.6 Å². The van der Waals surface area contributed by atoms with E-state index in [0.29, 0.717) is 11.1 Å². The highest BCUT2D eigenvalue weighted by Crippen LogP contribution is 2.32. The lowest BCUT2D eigenvalue weighted by Gasteiger charge is -2.10. The van der Waals surface area contributed by atoms with Crippen LogP contribution in [0.2, 0.25) is 0 Å². The Balaban J connectivity index is 2.41. The molecule has 0 radical (unpaired) electrons. The number of hydrogen-bond donors (Lipinski definition) is 0. The summed E-state index contributed by atoms with van der Waals surface area (Å²) in [5.74, 6) is -0.283. The summed E-state index contributed by atoms with van der Waals surface area (Å²) in [5.41, 5.74) is 1.74. The number of aromatic nitrogens is 2. The summed E-state index contributed by atoms with van der Waals surface area (Å²) >= 11 is 3.62. The van der Waals surface area contributed by atoms with E-state index in [1.54, 1.807) is 33.9 Å². The molecule has 0 unspecified atom stereocenters. The van der Waals surface area contributed by atoms with Crippen LogP contribution in [-0.2, 0) is 7.05 Å². The molecule has 0 spiro atoms. The Hall–Kier alpha value is -1.28.